The summed E-state index contributed by atoms with van der Waals surface area (Å²) < 4.78 is 5.90. The van der Waals surface area contributed by atoms with E-state index in [9.17, 15) is 9.90 Å². The van der Waals surface area contributed by atoms with Crippen LogP contribution < -0.4 is 10.1 Å². The van der Waals surface area contributed by atoms with Gasteiger partial charge >= 0.3 is 0 Å². The van der Waals surface area contributed by atoms with Crippen LogP contribution in [0.4, 0.5) is 5.69 Å². The lowest BCUT2D eigenvalue weighted by molar-refractivity contribution is -0.115. The van der Waals surface area contributed by atoms with E-state index in [1.54, 1.807) is 19.1 Å². The molecule has 2 N–H and O–H groups in total. The lowest BCUT2D eigenvalue weighted by Gasteiger charge is -2.18. The third kappa shape index (κ3) is 4.03. The van der Waals surface area contributed by atoms with Crippen molar-refractivity contribution in [2.75, 3.05) is 5.32 Å². The number of anilines is 1. The van der Waals surface area contributed by atoms with Crippen molar-refractivity contribution in [2.45, 2.75) is 20.0 Å². The molecule has 0 saturated heterocycles. The number of benzene rings is 3. The molecule has 0 bridgehead atoms. The fraction of sp³-hybridized carbons (Fsp3) is 0.136. The predicted octanol–water partition coefficient (Wildman–Crippen LogP) is 4.99. The molecular weight excluding hydrogens is 326 g/mol. The van der Waals surface area contributed by atoms with Crippen molar-refractivity contribution in [1.82, 2.24) is 0 Å². The Balaban J connectivity index is 2.01. The average molecular weight is 347 g/mol. The van der Waals surface area contributed by atoms with Gasteiger partial charge in [-0.05, 0) is 23.3 Å². The first-order chi connectivity index (χ1) is 12.7. The zero-order valence-corrected chi connectivity index (χ0v) is 14.6. The van der Waals surface area contributed by atoms with E-state index >= 15 is 0 Å². The van der Waals surface area contributed by atoms with E-state index in [0.29, 0.717) is 18.7 Å². The molecule has 0 radical (unpaired) electrons. The number of ether oxygens (including phenoxy) is 1. The second kappa shape index (κ2) is 8.21. The fourth-order valence-corrected chi connectivity index (χ4v) is 2.66. The summed E-state index contributed by atoms with van der Waals surface area (Å²) in [5.41, 5.74) is 3.19. The van der Waals surface area contributed by atoms with Crippen LogP contribution in [0.15, 0.2) is 72.8 Å². The van der Waals surface area contributed by atoms with E-state index in [1.165, 1.54) is 0 Å². The number of nitrogens with one attached hydrogen (secondary N) is 1. The molecule has 26 heavy (non-hydrogen) atoms. The van der Waals surface area contributed by atoms with Crippen LogP contribution in [-0.4, -0.2) is 11.0 Å². The van der Waals surface area contributed by atoms with Gasteiger partial charge in [0.05, 0.1) is 5.69 Å². The van der Waals surface area contributed by atoms with Gasteiger partial charge in [0.2, 0.25) is 5.91 Å². The van der Waals surface area contributed by atoms with Crippen molar-refractivity contribution in [2.24, 2.45) is 0 Å². The van der Waals surface area contributed by atoms with Gasteiger partial charge in [-0.3, -0.25) is 4.79 Å². The minimum Gasteiger partial charge on any atom is -0.504 e. The smallest absolute Gasteiger partial charge is 0.224 e. The van der Waals surface area contributed by atoms with Gasteiger partial charge in [0, 0.05) is 12.0 Å². The van der Waals surface area contributed by atoms with Gasteiger partial charge in [-0.25, -0.2) is 0 Å². The highest BCUT2D eigenvalue weighted by Crippen LogP contribution is 2.42. The zero-order chi connectivity index (χ0) is 18.4. The van der Waals surface area contributed by atoms with E-state index in [0.717, 1.165) is 16.7 Å². The summed E-state index contributed by atoms with van der Waals surface area (Å²) in [6.07, 6.45) is 0.335. The van der Waals surface area contributed by atoms with Gasteiger partial charge in [-0.2, -0.15) is 0 Å². The van der Waals surface area contributed by atoms with Crippen molar-refractivity contribution in [3.05, 3.63) is 78.4 Å². The second-order valence-corrected chi connectivity index (χ2v) is 5.88. The van der Waals surface area contributed by atoms with Crippen LogP contribution in [0.3, 0.4) is 0 Å². The van der Waals surface area contributed by atoms with Crippen LogP contribution in [-0.2, 0) is 11.4 Å². The van der Waals surface area contributed by atoms with Crippen molar-refractivity contribution < 1.29 is 14.6 Å². The topological polar surface area (TPSA) is 58.6 Å². The molecule has 0 saturated carbocycles. The Hall–Kier alpha value is -3.27. The van der Waals surface area contributed by atoms with Gasteiger partial charge in [-0.1, -0.05) is 67.6 Å². The summed E-state index contributed by atoms with van der Waals surface area (Å²) in [4.78, 5) is 12.1. The molecule has 0 spiro atoms. The maximum Gasteiger partial charge on any atom is 0.224 e. The number of rotatable bonds is 6. The first-order valence-electron chi connectivity index (χ1n) is 8.57. The molecule has 1 amide bonds. The lowest BCUT2D eigenvalue weighted by Crippen LogP contribution is -2.12. The number of aromatic hydroxyl groups is 1. The maximum atomic E-state index is 12.1. The molecule has 3 aromatic carbocycles. The highest BCUT2D eigenvalue weighted by Gasteiger charge is 2.18. The van der Waals surface area contributed by atoms with Crippen LogP contribution in [0.5, 0.6) is 11.5 Å². The number of carbonyl (C=O) groups is 1. The molecule has 3 rings (SSSR count). The number of hydrogen-bond donors (Lipinski definition) is 2. The minimum atomic E-state index is -0.141. The van der Waals surface area contributed by atoms with Gasteiger partial charge in [0.15, 0.2) is 11.5 Å². The predicted molar refractivity (Wildman–Crippen MR) is 103 cm³/mol. The number of phenols is 1. The molecule has 4 heteroatoms. The Kier molecular flexibility index (Phi) is 5.54. The molecule has 132 valence electrons. The maximum absolute atomic E-state index is 12.1. The van der Waals surface area contributed by atoms with E-state index in [1.807, 2.05) is 60.7 Å². The van der Waals surface area contributed by atoms with Gasteiger partial charge in [0.25, 0.3) is 0 Å². The standard InChI is InChI=1S/C22H21NO3/c1-2-20(25)23-21-18(17-11-7-4-8-12-17)13-14-19(24)22(21)26-15-16-9-5-3-6-10-16/h3-14,24H,2,15H2,1H3,(H,23,25). The molecule has 3 aromatic rings. The van der Waals surface area contributed by atoms with E-state index in [-0.39, 0.29) is 17.4 Å². The van der Waals surface area contributed by atoms with Crippen molar-refractivity contribution in [1.29, 1.82) is 0 Å². The SMILES string of the molecule is CCC(=O)Nc1c(-c2ccccc2)ccc(O)c1OCc1ccccc1. The van der Waals surface area contributed by atoms with E-state index < -0.39 is 0 Å². The third-order valence-corrected chi connectivity index (χ3v) is 4.03. The number of hydrogen-bond acceptors (Lipinski definition) is 3. The average Bonchev–Trinajstić information content (AvgIpc) is 2.69. The third-order valence-electron chi connectivity index (χ3n) is 4.03. The first kappa shape index (κ1) is 17.5. The van der Waals surface area contributed by atoms with Gasteiger partial charge in [-0.15, -0.1) is 0 Å². The quantitative estimate of drug-likeness (QED) is 0.661. The summed E-state index contributed by atoms with van der Waals surface area (Å²) in [7, 11) is 0. The van der Waals surface area contributed by atoms with Crippen LogP contribution in [0.25, 0.3) is 11.1 Å². The molecule has 0 unspecified atom stereocenters. The first-order valence-corrected chi connectivity index (χ1v) is 8.57. The molecule has 0 atom stereocenters. The highest BCUT2D eigenvalue weighted by molar-refractivity contribution is 5.98. The largest absolute Gasteiger partial charge is 0.504 e. The Morgan fingerprint density at radius 3 is 2.27 bits per heavy atom. The number of amides is 1. The highest BCUT2D eigenvalue weighted by atomic mass is 16.5. The zero-order valence-electron chi connectivity index (χ0n) is 14.6. The molecule has 0 aromatic heterocycles. The number of phenolic OH excluding ortho intramolecular Hbond substituents is 1. The van der Waals surface area contributed by atoms with Crippen LogP contribution >= 0.6 is 0 Å². The molecule has 0 aliphatic carbocycles. The van der Waals surface area contributed by atoms with Crippen LogP contribution in [0, 0.1) is 0 Å². The van der Waals surface area contributed by atoms with E-state index in [2.05, 4.69) is 5.32 Å². The lowest BCUT2D eigenvalue weighted by atomic mass is 10.0. The molecule has 4 nitrogen and oxygen atoms in total. The molecular formula is C22H21NO3. The molecule has 0 aliphatic heterocycles. The van der Waals surface area contributed by atoms with Crippen molar-refractivity contribution in [3.8, 4) is 22.6 Å². The Bertz CT molecular complexity index is 877. The van der Waals surface area contributed by atoms with Crippen LogP contribution in [0.2, 0.25) is 0 Å². The normalized spacial score (nSPS) is 10.3. The summed E-state index contributed by atoms with van der Waals surface area (Å²) in [6, 6.07) is 22.8. The van der Waals surface area contributed by atoms with Crippen molar-refractivity contribution >= 4 is 11.6 Å². The summed E-state index contributed by atoms with van der Waals surface area (Å²) in [6.45, 7) is 2.08. The van der Waals surface area contributed by atoms with E-state index in [4.69, 9.17) is 4.74 Å². The summed E-state index contributed by atoms with van der Waals surface area (Å²) in [5.74, 6) is 0.126. The number of carbonyl (C=O) groups excluding carboxylic acids is 1. The van der Waals surface area contributed by atoms with Gasteiger partial charge < -0.3 is 15.2 Å². The Morgan fingerprint density at radius 2 is 1.62 bits per heavy atom. The molecule has 0 aliphatic rings. The fourth-order valence-electron chi connectivity index (χ4n) is 2.66. The monoisotopic (exact) mass is 347 g/mol. The Labute approximate surface area is 153 Å². The summed E-state index contributed by atoms with van der Waals surface area (Å²) in [5, 5.41) is 13.2. The second-order valence-electron chi connectivity index (χ2n) is 5.88. The minimum absolute atomic E-state index is 0.00739. The van der Waals surface area contributed by atoms with Crippen LogP contribution in [0.1, 0.15) is 18.9 Å². The summed E-state index contributed by atoms with van der Waals surface area (Å²) >= 11 is 0. The molecule has 0 heterocycles. The van der Waals surface area contributed by atoms with Crippen molar-refractivity contribution in [3.63, 3.8) is 0 Å². The Morgan fingerprint density at radius 1 is 0.962 bits per heavy atom. The van der Waals surface area contributed by atoms with Gasteiger partial charge in [0.1, 0.15) is 6.61 Å². The molecule has 0 fully saturated rings.